The topological polar surface area (TPSA) is 102 Å². The Balaban J connectivity index is 1.97. The molecule has 1 aliphatic heterocycles. The van der Waals surface area contributed by atoms with Gasteiger partial charge in [0.05, 0.1) is 27.9 Å². The standard InChI is InChI=1S/C23H23NO8/c1-6-30-18-10-14(7-8-17(18)31-13(2)25)9-16-23(26)32-22(24-16)15-11-19(27-3)21(29-5)20(12-15)28-4/h7-12H,6H2,1-5H3/b16-9-. The molecule has 0 N–H and O–H groups in total. The minimum absolute atomic E-state index is 0.0939. The van der Waals surface area contributed by atoms with Crippen LogP contribution in [0.2, 0.25) is 0 Å². The highest BCUT2D eigenvalue weighted by Gasteiger charge is 2.26. The smallest absolute Gasteiger partial charge is 0.363 e. The Kier molecular flexibility index (Phi) is 6.99. The van der Waals surface area contributed by atoms with Gasteiger partial charge in [0.1, 0.15) is 0 Å². The van der Waals surface area contributed by atoms with Crippen LogP contribution < -0.4 is 23.7 Å². The number of hydrogen-bond acceptors (Lipinski definition) is 9. The number of aliphatic imine (C=N–C) groups is 1. The first-order valence-electron chi connectivity index (χ1n) is 9.68. The maximum absolute atomic E-state index is 12.4. The van der Waals surface area contributed by atoms with Crippen LogP contribution in [0.3, 0.4) is 0 Å². The highest BCUT2D eigenvalue weighted by Crippen LogP contribution is 2.39. The van der Waals surface area contributed by atoms with Crippen molar-refractivity contribution in [3.63, 3.8) is 0 Å². The van der Waals surface area contributed by atoms with Crippen molar-refractivity contribution in [2.75, 3.05) is 27.9 Å². The van der Waals surface area contributed by atoms with Gasteiger partial charge in [0.15, 0.2) is 28.7 Å². The van der Waals surface area contributed by atoms with Crippen molar-refractivity contribution >= 4 is 23.9 Å². The molecule has 0 bridgehead atoms. The summed E-state index contributed by atoms with van der Waals surface area (Å²) in [6.07, 6.45) is 1.55. The largest absolute Gasteiger partial charge is 0.493 e. The van der Waals surface area contributed by atoms with Crippen LogP contribution in [0.25, 0.3) is 6.08 Å². The minimum atomic E-state index is -0.615. The maximum atomic E-state index is 12.4. The number of benzene rings is 2. The van der Waals surface area contributed by atoms with Gasteiger partial charge in [0, 0.05) is 12.5 Å². The first-order chi connectivity index (χ1) is 15.4. The van der Waals surface area contributed by atoms with E-state index in [-0.39, 0.29) is 17.3 Å². The monoisotopic (exact) mass is 441 g/mol. The predicted octanol–water partition coefficient (Wildman–Crippen LogP) is 3.38. The van der Waals surface area contributed by atoms with Crippen molar-refractivity contribution in [3.8, 4) is 28.7 Å². The summed E-state index contributed by atoms with van der Waals surface area (Å²) in [5, 5.41) is 0. The lowest BCUT2D eigenvalue weighted by atomic mass is 10.1. The molecule has 2 aromatic rings. The van der Waals surface area contributed by atoms with Gasteiger partial charge in [-0.3, -0.25) is 4.79 Å². The molecule has 1 aliphatic rings. The fourth-order valence-electron chi connectivity index (χ4n) is 3.02. The van der Waals surface area contributed by atoms with Gasteiger partial charge in [0.25, 0.3) is 0 Å². The van der Waals surface area contributed by atoms with Gasteiger partial charge >= 0.3 is 11.9 Å². The molecule has 0 saturated heterocycles. The van der Waals surface area contributed by atoms with E-state index in [9.17, 15) is 9.59 Å². The Labute approximate surface area is 185 Å². The molecule has 9 heteroatoms. The summed E-state index contributed by atoms with van der Waals surface area (Å²) < 4.78 is 32.0. The van der Waals surface area contributed by atoms with Crippen molar-refractivity contribution in [3.05, 3.63) is 47.2 Å². The molecular weight excluding hydrogens is 418 g/mol. The number of nitrogens with zero attached hydrogens (tertiary/aromatic N) is 1. The molecule has 32 heavy (non-hydrogen) atoms. The van der Waals surface area contributed by atoms with E-state index in [1.54, 1.807) is 36.4 Å². The van der Waals surface area contributed by atoms with Gasteiger partial charge in [-0.1, -0.05) is 6.07 Å². The zero-order valence-electron chi connectivity index (χ0n) is 18.4. The molecule has 0 unspecified atom stereocenters. The third kappa shape index (κ3) is 4.83. The van der Waals surface area contributed by atoms with Gasteiger partial charge in [-0.25, -0.2) is 9.79 Å². The van der Waals surface area contributed by atoms with Crippen LogP contribution >= 0.6 is 0 Å². The van der Waals surface area contributed by atoms with Crippen LogP contribution in [-0.2, 0) is 14.3 Å². The molecule has 3 rings (SSSR count). The lowest BCUT2D eigenvalue weighted by Crippen LogP contribution is -2.07. The number of carbonyl (C=O) groups is 2. The van der Waals surface area contributed by atoms with Crippen LogP contribution in [0, 0.1) is 0 Å². The molecule has 0 aromatic heterocycles. The Bertz CT molecular complexity index is 1080. The van der Waals surface area contributed by atoms with E-state index in [4.69, 9.17) is 28.4 Å². The van der Waals surface area contributed by atoms with E-state index in [1.807, 2.05) is 6.92 Å². The van der Waals surface area contributed by atoms with Crippen molar-refractivity contribution in [2.45, 2.75) is 13.8 Å². The molecule has 0 spiro atoms. The molecule has 0 fully saturated rings. The number of cyclic esters (lactones) is 1. The number of esters is 2. The van der Waals surface area contributed by atoms with E-state index >= 15 is 0 Å². The van der Waals surface area contributed by atoms with Crippen LogP contribution in [0.15, 0.2) is 41.0 Å². The second-order valence-electron chi connectivity index (χ2n) is 6.48. The third-order valence-electron chi connectivity index (χ3n) is 4.36. The maximum Gasteiger partial charge on any atom is 0.363 e. The molecule has 2 aromatic carbocycles. The fourth-order valence-corrected chi connectivity index (χ4v) is 3.02. The van der Waals surface area contributed by atoms with Crippen molar-refractivity contribution in [1.82, 2.24) is 0 Å². The molecular formula is C23H23NO8. The molecule has 1 heterocycles. The predicted molar refractivity (Wildman–Crippen MR) is 116 cm³/mol. The van der Waals surface area contributed by atoms with E-state index < -0.39 is 11.9 Å². The van der Waals surface area contributed by atoms with Gasteiger partial charge in [0.2, 0.25) is 11.6 Å². The van der Waals surface area contributed by atoms with E-state index in [1.165, 1.54) is 28.3 Å². The number of ether oxygens (including phenoxy) is 6. The van der Waals surface area contributed by atoms with E-state index in [0.29, 0.717) is 40.7 Å². The van der Waals surface area contributed by atoms with Crippen LogP contribution in [0.5, 0.6) is 28.7 Å². The Morgan fingerprint density at radius 2 is 1.69 bits per heavy atom. The molecule has 0 atom stereocenters. The lowest BCUT2D eigenvalue weighted by molar-refractivity contribution is -0.132. The molecule has 0 aliphatic carbocycles. The molecule has 168 valence electrons. The van der Waals surface area contributed by atoms with E-state index in [0.717, 1.165) is 0 Å². The van der Waals surface area contributed by atoms with Gasteiger partial charge in [-0.2, -0.15) is 0 Å². The van der Waals surface area contributed by atoms with Crippen LogP contribution in [0.1, 0.15) is 25.0 Å². The number of carbonyl (C=O) groups excluding carboxylic acids is 2. The van der Waals surface area contributed by atoms with E-state index in [2.05, 4.69) is 4.99 Å². The SMILES string of the molecule is CCOc1cc(/C=C2\N=C(c3cc(OC)c(OC)c(OC)c3)OC2=O)ccc1OC(C)=O. The molecule has 0 radical (unpaired) electrons. The lowest BCUT2D eigenvalue weighted by Gasteiger charge is -2.13. The summed E-state index contributed by atoms with van der Waals surface area (Å²) in [6.45, 7) is 3.49. The van der Waals surface area contributed by atoms with Gasteiger partial charge in [-0.15, -0.1) is 0 Å². The molecule has 0 saturated carbocycles. The second-order valence-corrected chi connectivity index (χ2v) is 6.48. The highest BCUT2D eigenvalue weighted by atomic mass is 16.6. The summed E-state index contributed by atoms with van der Waals surface area (Å²) in [6, 6.07) is 8.18. The van der Waals surface area contributed by atoms with Gasteiger partial charge in [-0.05, 0) is 42.8 Å². The molecule has 9 nitrogen and oxygen atoms in total. The Hall–Kier alpha value is -4.01. The third-order valence-corrected chi connectivity index (χ3v) is 4.36. The average Bonchev–Trinajstić information content (AvgIpc) is 3.14. The summed E-state index contributed by atoms with van der Waals surface area (Å²) in [4.78, 5) is 28.0. The highest BCUT2D eigenvalue weighted by molar-refractivity contribution is 6.13. The van der Waals surface area contributed by atoms with Gasteiger partial charge < -0.3 is 28.4 Å². The number of hydrogen-bond donors (Lipinski definition) is 0. The summed E-state index contributed by atoms with van der Waals surface area (Å²) in [7, 11) is 4.48. The first kappa shape index (κ1) is 22.7. The van der Waals surface area contributed by atoms with Crippen molar-refractivity contribution < 1.29 is 38.0 Å². The summed E-state index contributed by atoms with van der Waals surface area (Å²) in [5.41, 5.74) is 1.19. The first-order valence-corrected chi connectivity index (χ1v) is 9.68. The quantitative estimate of drug-likeness (QED) is 0.349. The number of rotatable bonds is 8. The van der Waals surface area contributed by atoms with Crippen molar-refractivity contribution in [1.29, 1.82) is 0 Å². The zero-order valence-corrected chi connectivity index (χ0v) is 18.4. The Morgan fingerprint density at radius 3 is 2.25 bits per heavy atom. The summed E-state index contributed by atoms with van der Waals surface area (Å²) in [5.74, 6) is 0.903. The normalized spacial score (nSPS) is 14.0. The Morgan fingerprint density at radius 1 is 1.00 bits per heavy atom. The molecule has 0 amide bonds. The average molecular weight is 441 g/mol. The van der Waals surface area contributed by atoms with Crippen LogP contribution in [-0.4, -0.2) is 45.8 Å². The fraction of sp³-hybridized carbons (Fsp3) is 0.261. The van der Waals surface area contributed by atoms with Crippen molar-refractivity contribution in [2.24, 2.45) is 4.99 Å². The van der Waals surface area contributed by atoms with Crippen LogP contribution in [0.4, 0.5) is 0 Å². The summed E-state index contributed by atoms with van der Waals surface area (Å²) >= 11 is 0. The minimum Gasteiger partial charge on any atom is -0.493 e. The second kappa shape index (κ2) is 9.86. The number of methoxy groups -OCH3 is 3. The zero-order chi connectivity index (χ0) is 23.3.